The number of rotatable bonds is 3. The first-order chi connectivity index (χ1) is 8.72. The van der Waals surface area contributed by atoms with Gasteiger partial charge in [-0.15, -0.1) is 0 Å². The van der Waals surface area contributed by atoms with E-state index in [9.17, 15) is 9.18 Å². The number of nitrogens with zero attached hydrogens (tertiary/aromatic N) is 2. The maximum Gasteiger partial charge on any atom is 0.215 e. The zero-order valence-electron chi connectivity index (χ0n) is 9.25. The van der Waals surface area contributed by atoms with Crippen LogP contribution < -0.4 is 0 Å². The molecule has 0 saturated heterocycles. The largest absolute Gasteiger partial charge is 0.410 e. The molecule has 0 bridgehead atoms. The second-order valence-corrected chi connectivity index (χ2v) is 3.52. The van der Waals surface area contributed by atoms with Crippen LogP contribution in [-0.2, 0) is 0 Å². The summed E-state index contributed by atoms with van der Waals surface area (Å²) in [4.78, 5) is 15.9. The van der Waals surface area contributed by atoms with Crippen LogP contribution in [0.5, 0.6) is 0 Å². The van der Waals surface area contributed by atoms with Gasteiger partial charge in [0.15, 0.2) is 5.71 Å². The third kappa shape index (κ3) is 2.40. The zero-order chi connectivity index (χ0) is 13.0. The van der Waals surface area contributed by atoms with Crippen molar-refractivity contribution in [2.75, 3.05) is 0 Å². The summed E-state index contributed by atoms with van der Waals surface area (Å²) in [6, 6.07) is 8.13. The fourth-order valence-electron chi connectivity index (χ4n) is 1.48. The summed E-state index contributed by atoms with van der Waals surface area (Å²) in [6.45, 7) is 0. The van der Waals surface area contributed by atoms with Crippen molar-refractivity contribution in [1.29, 1.82) is 0 Å². The van der Waals surface area contributed by atoms with Crippen molar-refractivity contribution in [1.82, 2.24) is 4.98 Å². The number of pyridine rings is 1. The van der Waals surface area contributed by atoms with Crippen LogP contribution in [0.3, 0.4) is 0 Å². The normalized spacial score (nSPS) is 11.3. The third-order valence-corrected chi connectivity index (χ3v) is 2.38. The van der Waals surface area contributed by atoms with Crippen LogP contribution in [-0.4, -0.2) is 21.7 Å². The summed E-state index contributed by atoms with van der Waals surface area (Å²) >= 11 is 0. The van der Waals surface area contributed by atoms with Gasteiger partial charge < -0.3 is 5.21 Å². The molecule has 90 valence electrons. The Morgan fingerprint density at radius 2 is 1.67 bits per heavy atom. The molecule has 2 rings (SSSR count). The van der Waals surface area contributed by atoms with Gasteiger partial charge in [0, 0.05) is 23.5 Å². The van der Waals surface area contributed by atoms with E-state index >= 15 is 0 Å². The molecule has 0 fully saturated rings. The zero-order valence-corrected chi connectivity index (χ0v) is 9.25. The number of ketones is 1. The summed E-state index contributed by atoms with van der Waals surface area (Å²) < 4.78 is 12.8. The molecule has 5 heteroatoms. The topological polar surface area (TPSA) is 62.5 Å². The van der Waals surface area contributed by atoms with E-state index in [0.717, 1.165) is 0 Å². The van der Waals surface area contributed by atoms with Crippen molar-refractivity contribution in [2.24, 2.45) is 5.16 Å². The van der Waals surface area contributed by atoms with Gasteiger partial charge in [-0.3, -0.25) is 9.78 Å². The van der Waals surface area contributed by atoms with E-state index in [1.54, 1.807) is 12.1 Å². The minimum Gasteiger partial charge on any atom is -0.410 e. The predicted molar refractivity (Wildman–Crippen MR) is 63.3 cm³/mol. The van der Waals surface area contributed by atoms with Crippen LogP contribution in [0.1, 0.15) is 15.9 Å². The molecule has 0 aliphatic heterocycles. The molecule has 1 N–H and O–H groups in total. The average Bonchev–Trinajstić information content (AvgIpc) is 2.41. The number of hydrogen-bond donors (Lipinski definition) is 1. The molecule has 0 atom stereocenters. The maximum absolute atomic E-state index is 12.8. The highest BCUT2D eigenvalue weighted by molar-refractivity contribution is 6.51. The molecule has 1 aromatic heterocycles. The van der Waals surface area contributed by atoms with Crippen molar-refractivity contribution < 1.29 is 14.4 Å². The first-order valence-corrected chi connectivity index (χ1v) is 5.15. The minimum atomic E-state index is -0.483. The first kappa shape index (κ1) is 11.9. The summed E-state index contributed by atoms with van der Waals surface area (Å²) in [5, 5.41) is 11.9. The number of halogens is 1. The molecule has 1 aromatic carbocycles. The number of oxime groups is 1. The van der Waals surface area contributed by atoms with Crippen molar-refractivity contribution in [3.05, 3.63) is 65.7 Å². The Balaban J connectivity index is 2.35. The molecule has 1 heterocycles. The van der Waals surface area contributed by atoms with Crippen molar-refractivity contribution in [3.63, 3.8) is 0 Å². The van der Waals surface area contributed by atoms with Gasteiger partial charge >= 0.3 is 0 Å². The molecule has 0 radical (unpaired) electrons. The molecule has 4 nitrogen and oxygen atoms in total. The lowest BCUT2D eigenvalue weighted by atomic mass is 10.0. The van der Waals surface area contributed by atoms with Gasteiger partial charge in [-0.05, 0) is 36.4 Å². The third-order valence-electron chi connectivity index (χ3n) is 2.38. The van der Waals surface area contributed by atoms with Crippen LogP contribution in [0.25, 0.3) is 0 Å². The number of carbonyl (C=O) groups excluding carboxylic acids is 1. The van der Waals surface area contributed by atoms with Crippen molar-refractivity contribution in [2.45, 2.75) is 0 Å². The lowest BCUT2D eigenvalue weighted by molar-refractivity contribution is 0.106. The summed E-state index contributed by atoms with van der Waals surface area (Å²) in [5.74, 6) is -0.915. The number of aromatic nitrogens is 1. The van der Waals surface area contributed by atoms with E-state index in [2.05, 4.69) is 10.1 Å². The Kier molecular flexibility index (Phi) is 3.43. The summed E-state index contributed by atoms with van der Waals surface area (Å²) in [6.07, 6.45) is 2.97. The van der Waals surface area contributed by atoms with E-state index in [-0.39, 0.29) is 11.3 Å². The van der Waals surface area contributed by atoms with Gasteiger partial charge in [0.05, 0.1) is 0 Å². The average molecular weight is 244 g/mol. The number of hydrogen-bond acceptors (Lipinski definition) is 4. The van der Waals surface area contributed by atoms with E-state index in [1.165, 1.54) is 36.7 Å². The van der Waals surface area contributed by atoms with Crippen LogP contribution in [0.4, 0.5) is 4.39 Å². The Labute approximate surface area is 102 Å². The van der Waals surface area contributed by atoms with Crippen LogP contribution in [0.2, 0.25) is 0 Å². The van der Waals surface area contributed by atoms with Gasteiger partial charge in [-0.25, -0.2) is 4.39 Å². The summed E-state index contributed by atoms with van der Waals surface area (Å²) in [7, 11) is 0. The van der Waals surface area contributed by atoms with Crippen LogP contribution in [0.15, 0.2) is 53.9 Å². The highest BCUT2D eigenvalue weighted by Crippen LogP contribution is 2.09. The molecule has 0 amide bonds. The van der Waals surface area contributed by atoms with Crippen molar-refractivity contribution >= 4 is 11.5 Å². The Bertz CT molecular complexity index is 580. The van der Waals surface area contributed by atoms with Crippen molar-refractivity contribution in [3.8, 4) is 0 Å². The number of carbonyl (C=O) groups is 1. The van der Waals surface area contributed by atoms with E-state index in [4.69, 9.17) is 5.21 Å². The molecule has 0 aliphatic carbocycles. The number of Topliss-reactive ketones (excluding diaryl/α,β-unsaturated/α-hetero) is 1. The van der Waals surface area contributed by atoms with Gasteiger partial charge in [0.25, 0.3) is 0 Å². The SMILES string of the molecule is O=C(C(=NO)c1ccncc1)c1ccc(F)cc1. The fourth-order valence-corrected chi connectivity index (χ4v) is 1.48. The highest BCUT2D eigenvalue weighted by atomic mass is 19.1. The number of benzene rings is 1. The molecular weight excluding hydrogens is 235 g/mol. The monoisotopic (exact) mass is 244 g/mol. The van der Waals surface area contributed by atoms with Gasteiger partial charge in [-0.2, -0.15) is 0 Å². The molecule has 0 aliphatic rings. The second-order valence-electron chi connectivity index (χ2n) is 3.52. The van der Waals surface area contributed by atoms with Gasteiger partial charge in [0.2, 0.25) is 5.78 Å². The van der Waals surface area contributed by atoms with E-state index < -0.39 is 11.6 Å². The fraction of sp³-hybridized carbons (Fsp3) is 0. The second kappa shape index (κ2) is 5.18. The molecule has 0 spiro atoms. The molecular formula is C13H9FN2O2. The van der Waals surface area contributed by atoms with E-state index in [1.807, 2.05) is 0 Å². The lowest BCUT2D eigenvalue weighted by Gasteiger charge is -2.03. The molecule has 0 saturated carbocycles. The van der Waals surface area contributed by atoms with Gasteiger partial charge in [0.1, 0.15) is 5.82 Å². The highest BCUT2D eigenvalue weighted by Gasteiger charge is 2.16. The standard InChI is InChI=1S/C13H9FN2O2/c14-11-3-1-10(2-4-11)13(17)12(16-18)9-5-7-15-8-6-9/h1-8,18H. The van der Waals surface area contributed by atoms with Crippen LogP contribution in [0, 0.1) is 5.82 Å². The van der Waals surface area contributed by atoms with Crippen LogP contribution >= 0.6 is 0 Å². The molecule has 2 aromatic rings. The Morgan fingerprint density at radius 1 is 1.06 bits per heavy atom. The minimum absolute atomic E-state index is 0.107. The first-order valence-electron chi connectivity index (χ1n) is 5.15. The summed E-state index contributed by atoms with van der Waals surface area (Å²) in [5.41, 5.74) is 0.590. The van der Waals surface area contributed by atoms with E-state index in [0.29, 0.717) is 5.56 Å². The smallest absolute Gasteiger partial charge is 0.215 e. The molecule has 18 heavy (non-hydrogen) atoms. The lowest BCUT2D eigenvalue weighted by Crippen LogP contribution is -2.16. The predicted octanol–water partition coefficient (Wildman–Crippen LogP) is 2.28. The quantitative estimate of drug-likeness (QED) is 0.390. The Morgan fingerprint density at radius 3 is 2.22 bits per heavy atom. The van der Waals surface area contributed by atoms with Gasteiger partial charge in [-0.1, -0.05) is 5.16 Å². The maximum atomic E-state index is 12.8. The Hall–Kier alpha value is -2.56. The molecule has 0 unspecified atom stereocenters.